The van der Waals surface area contributed by atoms with Crippen LogP contribution in [-0.2, 0) is 4.79 Å². The Kier molecular flexibility index (Phi) is 5.01. The summed E-state index contributed by atoms with van der Waals surface area (Å²) in [6, 6.07) is 0.402. The Morgan fingerprint density at radius 2 is 1.94 bits per heavy atom. The average molecular weight is 254 g/mol. The zero-order chi connectivity index (χ0) is 13.0. The second-order valence-electron chi connectivity index (χ2n) is 5.79. The maximum absolute atomic E-state index is 12.2. The molecule has 1 N–H and O–H groups in total. The molecule has 0 aliphatic carbocycles. The minimum Gasteiger partial charge on any atom is -0.393 e. The summed E-state index contributed by atoms with van der Waals surface area (Å²) in [5.74, 6) is 0.284. The first kappa shape index (κ1) is 13.8. The topological polar surface area (TPSA) is 43.8 Å². The van der Waals surface area contributed by atoms with Crippen molar-refractivity contribution in [2.45, 2.75) is 57.6 Å². The molecule has 2 atom stereocenters. The van der Waals surface area contributed by atoms with Crippen LogP contribution in [0.15, 0.2) is 0 Å². The molecule has 0 aromatic heterocycles. The van der Waals surface area contributed by atoms with Crippen LogP contribution in [0.4, 0.5) is 0 Å². The third-order valence-corrected chi connectivity index (χ3v) is 4.16. The summed E-state index contributed by atoms with van der Waals surface area (Å²) in [4.78, 5) is 16.5. The van der Waals surface area contributed by atoms with Gasteiger partial charge in [-0.1, -0.05) is 0 Å². The van der Waals surface area contributed by atoms with Crippen LogP contribution in [0.5, 0.6) is 0 Å². The van der Waals surface area contributed by atoms with Gasteiger partial charge in [-0.2, -0.15) is 0 Å². The number of amides is 1. The second kappa shape index (κ2) is 6.53. The number of carbonyl (C=O) groups is 1. The van der Waals surface area contributed by atoms with Crippen LogP contribution in [0.1, 0.15) is 45.4 Å². The van der Waals surface area contributed by atoms with Crippen molar-refractivity contribution in [1.29, 1.82) is 0 Å². The maximum Gasteiger partial charge on any atom is 0.236 e. The van der Waals surface area contributed by atoms with Gasteiger partial charge in [0.25, 0.3) is 0 Å². The van der Waals surface area contributed by atoms with Gasteiger partial charge in [-0.3, -0.25) is 9.69 Å². The molecule has 2 saturated heterocycles. The molecule has 0 radical (unpaired) electrons. The van der Waals surface area contributed by atoms with Gasteiger partial charge in [-0.05, 0) is 52.0 Å². The Bertz CT molecular complexity index is 275. The lowest BCUT2D eigenvalue weighted by Gasteiger charge is -2.31. The van der Waals surface area contributed by atoms with Crippen LogP contribution >= 0.6 is 0 Å². The summed E-state index contributed by atoms with van der Waals surface area (Å²) < 4.78 is 0. The Labute approximate surface area is 110 Å². The van der Waals surface area contributed by atoms with Crippen LogP contribution in [-0.4, -0.2) is 59.1 Å². The van der Waals surface area contributed by atoms with Crippen molar-refractivity contribution in [1.82, 2.24) is 9.80 Å². The summed E-state index contributed by atoms with van der Waals surface area (Å²) in [7, 11) is 0. The van der Waals surface area contributed by atoms with Crippen molar-refractivity contribution >= 4 is 5.91 Å². The Balaban J connectivity index is 1.81. The van der Waals surface area contributed by atoms with Gasteiger partial charge in [0.1, 0.15) is 0 Å². The van der Waals surface area contributed by atoms with Crippen LogP contribution < -0.4 is 0 Å². The van der Waals surface area contributed by atoms with Gasteiger partial charge in [-0.15, -0.1) is 0 Å². The highest BCUT2D eigenvalue weighted by Gasteiger charge is 2.28. The van der Waals surface area contributed by atoms with E-state index in [1.807, 2.05) is 11.8 Å². The normalized spacial score (nSPS) is 27.4. The predicted molar refractivity (Wildman–Crippen MR) is 71.3 cm³/mol. The van der Waals surface area contributed by atoms with E-state index in [1.54, 1.807) is 0 Å². The molecule has 2 fully saturated rings. The Morgan fingerprint density at radius 3 is 2.61 bits per heavy atom. The average Bonchev–Trinajstić information content (AvgIpc) is 2.77. The van der Waals surface area contributed by atoms with Gasteiger partial charge >= 0.3 is 0 Å². The van der Waals surface area contributed by atoms with Crippen molar-refractivity contribution < 1.29 is 9.90 Å². The lowest BCUT2D eigenvalue weighted by molar-refractivity contribution is -0.133. The summed E-state index contributed by atoms with van der Waals surface area (Å²) in [5.41, 5.74) is 0. The van der Waals surface area contributed by atoms with Crippen molar-refractivity contribution in [2.75, 3.05) is 26.2 Å². The zero-order valence-electron chi connectivity index (χ0n) is 11.5. The molecule has 1 amide bonds. The van der Waals surface area contributed by atoms with E-state index in [2.05, 4.69) is 4.90 Å². The maximum atomic E-state index is 12.2. The molecule has 0 aromatic carbocycles. The smallest absolute Gasteiger partial charge is 0.236 e. The summed E-state index contributed by atoms with van der Waals surface area (Å²) in [6.07, 6.45) is 6.39. The first-order chi connectivity index (χ1) is 8.66. The number of rotatable bonds is 4. The molecule has 18 heavy (non-hydrogen) atoms. The van der Waals surface area contributed by atoms with E-state index in [-0.39, 0.29) is 12.0 Å². The van der Waals surface area contributed by atoms with Gasteiger partial charge in [0.15, 0.2) is 0 Å². The number of aliphatic hydroxyl groups is 1. The number of hydrogen-bond donors (Lipinski definition) is 1. The number of piperidine rings is 1. The number of nitrogens with zero attached hydrogens (tertiary/aromatic N) is 2. The van der Waals surface area contributed by atoms with E-state index in [9.17, 15) is 9.90 Å². The molecule has 2 heterocycles. The first-order valence-electron chi connectivity index (χ1n) is 7.36. The van der Waals surface area contributed by atoms with Gasteiger partial charge in [0, 0.05) is 19.1 Å². The number of likely N-dealkylation sites (tertiary alicyclic amines) is 2. The fraction of sp³-hybridized carbons (Fsp3) is 0.929. The predicted octanol–water partition coefficient (Wildman–Crippen LogP) is 1.23. The number of hydrogen-bond acceptors (Lipinski definition) is 3. The van der Waals surface area contributed by atoms with E-state index in [0.29, 0.717) is 12.6 Å². The third kappa shape index (κ3) is 3.69. The van der Waals surface area contributed by atoms with Gasteiger partial charge in [0.2, 0.25) is 5.91 Å². The molecule has 0 spiro atoms. The van der Waals surface area contributed by atoms with Crippen LogP contribution in [0.2, 0.25) is 0 Å². The Hall–Kier alpha value is -0.610. The SMILES string of the molecule is CC(O)CC1CCCN1CC(=O)N1CCCCC1. The minimum absolute atomic E-state index is 0.263. The highest BCUT2D eigenvalue weighted by molar-refractivity contribution is 5.78. The van der Waals surface area contributed by atoms with Gasteiger partial charge in [0.05, 0.1) is 12.6 Å². The van der Waals surface area contributed by atoms with E-state index < -0.39 is 0 Å². The fourth-order valence-corrected chi connectivity index (χ4v) is 3.18. The lowest BCUT2D eigenvalue weighted by atomic mass is 10.1. The number of aliphatic hydroxyl groups excluding tert-OH is 1. The molecule has 0 saturated carbocycles. The zero-order valence-corrected chi connectivity index (χ0v) is 11.5. The number of carbonyl (C=O) groups excluding carboxylic acids is 1. The van der Waals surface area contributed by atoms with Crippen molar-refractivity contribution in [3.05, 3.63) is 0 Å². The van der Waals surface area contributed by atoms with Crippen molar-refractivity contribution in [3.8, 4) is 0 Å². The molecule has 2 aliphatic heterocycles. The Morgan fingerprint density at radius 1 is 1.22 bits per heavy atom. The van der Waals surface area contributed by atoms with E-state index >= 15 is 0 Å². The minimum atomic E-state index is -0.263. The van der Waals surface area contributed by atoms with Crippen molar-refractivity contribution in [3.63, 3.8) is 0 Å². The van der Waals surface area contributed by atoms with Crippen molar-refractivity contribution in [2.24, 2.45) is 0 Å². The fourth-order valence-electron chi connectivity index (χ4n) is 3.18. The standard InChI is InChI=1S/C14H26N2O2/c1-12(17)10-13-6-5-9-16(13)11-14(18)15-7-3-2-4-8-15/h12-13,17H,2-11H2,1H3. The van der Waals surface area contributed by atoms with Crippen LogP contribution in [0.3, 0.4) is 0 Å². The molecule has 2 aliphatic rings. The molecule has 2 unspecified atom stereocenters. The van der Waals surface area contributed by atoms with Gasteiger partial charge in [-0.25, -0.2) is 0 Å². The largest absolute Gasteiger partial charge is 0.393 e. The van der Waals surface area contributed by atoms with E-state index in [4.69, 9.17) is 0 Å². The second-order valence-corrected chi connectivity index (χ2v) is 5.79. The quantitative estimate of drug-likeness (QED) is 0.821. The van der Waals surface area contributed by atoms with Crippen LogP contribution in [0, 0.1) is 0 Å². The van der Waals surface area contributed by atoms with Gasteiger partial charge < -0.3 is 10.0 Å². The summed E-state index contributed by atoms with van der Waals surface area (Å²) in [5, 5.41) is 9.49. The van der Waals surface area contributed by atoms with E-state index in [1.165, 1.54) is 6.42 Å². The molecule has 0 aromatic rings. The summed E-state index contributed by atoms with van der Waals surface area (Å²) >= 11 is 0. The molecular weight excluding hydrogens is 228 g/mol. The third-order valence-electron chi connectivity index (χ3n) is 4.16. The summed E-state index contributed by atoms with van der Waals surface area (Å²) in [6.45, 7) is 5.28. The highest BCUT2D eigenvalue weighted by atomic mass is 16.3. The molecule has 2 rings (SSSR count). The lowest BCUT2D eigenvalue weighted by Crippen LogP contribution is -2.44. The van der Waals surface area contributed by atoms with Crippen LogP contribution in [0.25, 0.3) is 0 Å². The highest BCUT2D eigenvalue weighted by Crippen LogP contribution is 2.21. The first-order valence-corrected chi connectivity index (χ1v) is 7.36. The molecule has 104 valence electrons. The molecular formula is C14H26N2O2. The monoisotopic (exact) mass is 254 g/mol. The molecule has 0 bridgehead atoms. The van der Waals surface area contributed by atoms with E-state index in [0.717, 1.165) is 51.7 Å². The molecule has 4 nitrogen and oxygen atoms in total. The molecule has 4 heteroatoms.